The van der Waals surface area contributed by atoms with Crippen LogP contribution in [0, 0.1) is 0 Å². The van der Waals surface area contributed by atoms with Gasteiger partial charge in [0.15, 0.2) is 0 Å². The van der Waals surface area contributed by atoms with Gasteiger partial charge in [-0.25, -0.2) is 0 Å². The molecular formula is C14H21NO4. The molecule has 19 heavy (non-hydrogen) atoms. The van der Waals surface area contributed by atoms with Gasteiger partial charge in [-0.05, 0) is 25.5 Å². The highest BCUT2D eigenvalue weighted by Gasteiger charge is 2.27. The van der Waals surface area contributed by atoms with E-state index in [1.54, 1.807) is 11.2 Å². The third-order valence-corrected chi connectivity index (χ3v) is 3.35. The van der Waals surface area contributed by atoms with E-state index >= 15 is 0 Å². The van der Waals surface area contributed by atoms with Crippen LogP contribution in [0.25, 0.3) is 0 Å². The maximum absolute atomic E-state index is 12.0. The average molecular weight is 267 g/mol. The van der Waals surface area contributed by atoms with Crippen molar-refractivity contribution in [3.63, 3.8) is 0 Å². The molecule has 0 aromatic carbocycles. The van der Waals surface area contributed by atoms with Crippen LogP contribution < -0.4 is 0 Å². The molecule has 0 radical (unpaired) electrons. The van der Waals surface area contributed by atoms with Crippen molar-refractivity contribution in [2.24, 2.45) is 0 Å². The van der Waals surface area contributed by atoms with Crippen LogP contribution in [-0.2, 0) is 14.3 Å². The second kappa shape index (κ2) is 6.73. The quantitative estimate of drug-likeness (QED) is 0.818. The first-order valence-electron chi connectivity index (χ1n) is 6.75. The average Bonchev–Trinajstić information content (AvgIpc) is 2.98. The Morgan fingerprint density at radius 1 is 1.63 bits per heavy atom. The number of rotatable bonds is 5. The van der Waals surface area contributed by atoms with E-state index in [1.165, 1.54) is 0 Å². The predicted molar refractivity (Wildman–Crippen MR) is 69.7 cm³/mol. The molecule has 0 saturated carbocycles. The van der Waals surface area contributed by atoms with Crippen LogP contribution in [0.5, 0.6) is 0 Å². The van der Waals surface area contributed by atoms with Gasteiger partial charge in [0.1, 0.15) is 18.5 Å². The summed E-state index contributed by atoms with van der Waals surface area (Å²) in [5.41, 5.74) is 0. The monoisotopic (exact) mass is 267 g/mol. The molecule has 0 bridgehead atoms. The van der Waals surface area contributed by atoms with Crippen LogP contribution in [0.15, 0.2) is 22.8 Å². The smallest absolute Gasteiger partial charge is 0.248 e. The Morgan fingerprint density at radius 3 is 3.16 bits per heavy atom. The third-order valence-electron chi connectivity index (χ3n) is 3.35. The van der Waals surface area contributed by atoms with E-state index in [0.717, 1.165) is 12.2 Å². The lowest BCUT2D eigenvalue weighted by Crippen LogP contribution is -2.44. The first-order valence-corrected chi connectivity index (χ1v) is 6.75. The predicted octanol–water partition coefficient (Wildman–Crippen LogP) is 1.99. The molecule has 2 atom stereocenters. The number of nitrogens with zero attached hydrogens (tertiary/aromatic N) is 1. The molecule has 1 fully saturated rings. The fourth-order valence-electron chi connectivity index (χ4n) is 1.95. The van der Waals surface area contributed by atoms with Crippen molar-refractivity contribution >= 4 is 5.91 Å². The summed E-state index contributed by atoms with van der Waals surface area (Å²) in [5, 5.41) is 0. The van der Waals surface area contributed by atoms with Crippen molar-refractivity contribution in [3.05, 3.63) is 24.2 Å². The molecular weight excluding hydrogens is 246 g/mol. The van der Waals surface area contributed by atoms with Gasteiger partial charge in [0.2, 0.25) is 5.91 Å². The first kappa shape index (κ1) is 14.1. The number of ether oxygens (including phenoxy) is 2. The first-order chi connectivity index (χ1) is 9.20. The second-order valence-electron chi connectivity index (χ2n) is 4.74. The fraction of sp³-hybridized carbons (Fsp3) is 0.643. The number of hydrogen-bond acceptors (Lipinski definition) is 4. The minimum absolute atomic E-state index is 0.0140. The summed E-state index contributed by atoms with van der Waals surface area (Å²) in [6.45, 7) is 5.81. The Balaban J connectivity index is 1.85. The number of morpholine rings is 1. The molecule has 2 rings (SSSR count). The summed E-state index contributed by atoms with van der Waals surface area (Å²) >= 11 is 0. The number of carbonyl (C=O) groups excluding carboxylic acids is 1. The van der Waals surface area contributed by atoms with Gasteiger partial charge in [-0.2, -0.15) is 0 Å². The van der Waals surface area contributed by atoms with Gasteiger partial charge in [-0.1, -0.05) is 6.92 Å². The van der Waals surface area contributed by atoms with Crippen molar-refractivity contribution < 1.29 is 18.7 Å². The normalized spacial score (nSPS) is 21.4. The second-order valence-corrected chi connectivity index (χ2v) is 4.74. The van der Waals surface area contributed by atoms with Crippen LogP contribution in [0.1, 0.15) is 32.1 Å². The molecule has 1 aromatic heterocycles. The van der Waals surface area contributed by atoms with Gasteiger partial charge in [0.05, 0.1) is 25.5 Å². The molecule has 0 spiro atoms. The van der Waals surface area contributed by atoms with Gasteiger partial charge in [0.25, 0.3) is 0 Å². The lowest BCUT2D eigenvalue weighted by atomic mass is 10.2. The van der Waals surface area contributed by atoms with Gasteiger partial charge >= 0.3 is 0 Å². The minimum atomic E-state index is -0.170. The molecule has 1 saturated heterocycles. The largest absolute Gasteiger partial charge is 0.467 e. The molecule has 0 aliphatic carbocycles. The van der Waals surface area contributed by atoms with E-state index in [9.17, 15) is 4.79 Å². The van der Waals surface area contributed by atoms with E-state index < -0.39 is 0 Å². The zero-order valence-electron chi connectivity index (χ0n) is 11.5. The van der Waals surface area contributed by atoms with Crippen molar-refractivity contribution in [1.82, 2.24) is 4.90 Å². The summed E-state index contributed by atoms with van der Waals surface area (Å²) in [6.07, 6.45) is 2.47. The van der Waals surface area contributed by atoms with Crippen LogP contribution in [0.2, 0.25) is 0 Å². The lowest BCUT2D eigenvalue weighted by molar-refractivity contribution is -0.146. The van der Waals surface area contributed by atoms with E-state index in [4.69, 9.17) is 13.9 Å². The Labute approximate surface area is 113 Å². The summed E-state index contributed by atoms with van der Waals surface area (Å²) in [6, 6.07) is 3.69. The highest BCUT2D eigenvalue weighted by Crippen LogP contribution is 2.22. The maximum Gasteiger partial charge on any atom is 0.248 e. The molecule has 2 heterocycles. The zero-order valence-corrected chi connectivity index (χ0v) is 11.5. The van der Waals surface area contributed by atoms with Crippen LogP contribution in [0.4, 0.5) is 0 Å². The third kappa shape index (κ3) is 3.81. The summed E-state index contributed by atoms with van der Waals surface area (Å²) in [7, 11) is 0. The Hall–Kier alpha value is -1.33. The van der Waals surface area contributed by atoms with Crippen molar-refractivity contribution in [2.45, 2.75) is 32.5 Å². The Morgan fingerprint density at radius 2 is 2.47 bits per heavy atom. The van der Waals surface area contributed by atoms with Gasteiger partial charge < -0.3 is 18.8 Å². The summed E-state index contributed by atoms with van der Waals surface area (Å²) < 4.78 is 16.4. The van der Waals surface area contributed by atoms with Gasteiger partial charge in [-0.3, -0.25) is 4.79 Å². The van der Waals surface area contributed by atoms with Crippen molar-refractivity contribution in [1.29, 1.82) is 0 Å². The number of amides is 1. The highest BCUT2D eigenvalue weighted by atomic mass is 16.5. The van der Waals surface area contributed by atoms with Crippen molar-refractivity contribution in [2.75, 3.05) is 26.3 Å². The van der Waals surface area contributed by atoms with Crippen LogP contribution >= 0.6 is 0 Å². The molecule has 5 nitrogen and oxygen atoms in total. The van der Waals surface area contributed by atoms with Gasteiger partial charge in [-0.15, -0.1) is 0 Å². The Kier molecular flexibility index (Phi) is 4.99. The summed E-state index contributed by atoms with van der Waals surface area (Å²) in [4.78, 5) is 13.8. The lowest BCUT2D eigenvalue weighted by Gasteiger charge is -2.32. The molecule has 106 valence electrons. The van der Waals surface area contributed by atoms with Gasteiger partial charge in [0, 0.05) is 6.54 Å². The van der Waals surface area contributed by atoms with Crippen molar-refractivity contribution in [3.8, 4) is 0 Å². The molecule has 1 amide bonds. The fourth-order valence-corrected chi connectivity index (χ4v) is 1.95. The zero-order chi connectivity index (χ0) is 13.7. The standard InChI is InChI=1S/C14H21NO4/c1-3-11(2)19-10-14(16)15-6-8-18-13(9-15)12-5-4-7-17-12/h4-5,7,11,13H,3,6,8-10H2,1-2H3. The molecule has 1 aliphatic rings. The van der Waals surface area contributed by atoms with E-state index in [0.29, 0.717) is 19.7 Å². The van der Waals surface area contributed by atoms with E-state index in [1.807, 2.05) is 26.0 Å². The highest BCUT2D eigenvalue weighted by molar-refractivity contribution is 5.77. The van der Waals surface area contributed by atoms with Crippen LogP contribution in [-0.4, -0.2) is 43.2 Å². The molecule has 2 unspecified atom stereocenters. The number of hydrogen-bond donors (Lipinski definition) is 0. The topological polar surface area (TPSA) is 51.9 Å². The summed E-state index contributed by atoms with van der Waals surface area (Å²) in [5.74, 6) is 0.778. The minimum Gasteiger partial charge on any atom is -0.467 e. The number of furan rings is 1. The van der Waals surface area contributed by atoms with Crippen LogP contribution in [0.3, 0.4) is 0 Å². The number of carbonyl (C=O) groups is 1. The van der Waals surface area contributed by atoms with E-state index in [2.05, 4.69) is 0 Å². The SMILES string of the molecule is CCC(C)OCC(=O)N1CCOC(c2ccco2)C1. The molecule has 0 N–H and O–H groups in total. The molecule has 5 heteroatoms. The maximum atomic E-state index is 12.0. The molecule has 1 aromatic rings. The Bertz CT molecular complexity index is 390. The molecule has 1 aliphatic heterocycles. The van der Waals surface area contributed by atoms with E-state index in [-0.39, 0.29) is 24.7 Å².